The van der Waals surface area contributed by atoms with Gasteiger partial charge in [-0.05, 0) is 49.8 Å². The summed E-state index contributed by atoms with van der Waals surface area (Å²) >= 11 is 0. The lowest BCUT2D eigenvalue weighted by molar-refractivity contribution is 0.0527. The van der Waals surface area contributed by atoms with Crippen molar-refractivity contribution in [2.24, 2.45) is 5.92 Å². The van der Waals surface area contributed by atoms with Gasteiger partial charge in [0.05, 0.1) is 17.9 Å². The Balaban J connectivity index is 1.45. The highest BCUT2D eigenvalue weighted by Crippen LogP contribution is 2.32. The van der Waals surface area contributed by atoms with E-state index < -0.39 is 0 Å². The SMILES string of the molecule is CCOC(=O)c1ccccc1Nc1ncnc(N2CCC(Cc3ccccc3)CC2)c1N. The van der Waals surface area contributed by atoms with Crippen LogP contribution in [0.25, 0.3) is 0 Å². The highest BCUT2D eigenvalue weighted by atomic mass is 16.5. The third kappa shape index (κ3) is 4.99. The van der Waals surface area contributed by atoms with Crippen LogP contribution in [0, 0.1) is 5.92 Å². The summed E-state index contributed by atoms with van der Waals surface area (Å²) < 4.78 is 5.16. The van der Waals surface area contributed by atoms with Gasteiger partial charge in [0.1, 0.15) is 12.0 Å². The third-order valence-corrected chi connectivity index (χ3v) is 5.82. The molecule has 0 radical (unpaired) electrons. The largest absolute Gasteiger partial charge is 0.462 e. The van der Waals surface area contributed by atoms with Gasteiger partial charge in [0, 0.05) is 13.1 Å². The van der Waals surface area contributed by atoms with Gasteiger partial charge in [0.25, 0.3) is 0 Å². The third-order valence-electron chi connectivity index (χ3n) is 5.82. The molecule has 1 saturated heterocycles. The van der Waals surface area contributed by atoms with Gasteiger partial charge >= 0.3 is 5.97 Å². The zero-order chi connectivity index (χ0) is 22.3. The highest BCUT2D eigenvalue weighted by molar-refractivity contribution is 5.97. The molecule has 1 aliphatic rings. The fourth-order valence-corrected chi connectivity index (χ4v) is 4.14. The average Bonchev–Trinajstić information content (AvgIpc) is 2.82. The van der Waals surface area contributed by atoms with Gasteiger partial charge in [-0.25, -0.2) is 14.8 Å². The molecule has 0 saturated carbocycles. The Labute approximate surface area is 188 Å². The molecule has 3 aromatic rings. The number of carbonyl (C=O) groups is 1. The van der Waals surface area contributed by atoms with Gasteiger partial charge < -0.3 is 20.7 Å². The van der Waals surface area contributed by atoms with Gasteiger partial charge in [0.15, 0.2) is 11.6 Å². The van der Waals surface area contributed by atoms with Crippen molar-refractivity contribution in [3.05, 3.63) is 72.1 Å². The molecule has 32 heavy (non-hydrogen) atoms. The smallest absolute Gasteiger partial charge is 0.340 e. The number of nitrogens with zero attached hydrogens (tertiary/aromatic N) is 3. The number of rotatable bonds is 7. The predicted molar refractivity (Wildman–Crippen MR) is 127 cm³/mol. The Hall–Kier alpha value is -3.61. The summed E-state index contributed by atoms with van der Waals surface area (Å²) in [6.45, 7) is 3.90. The normalized spacial score (nSPS) is 14.2. The van der Waals surface area contributed by atoms with Crippen molar-refractivity contribution >= 4 is 29.0 Å². The lowest BCUT2D eigenvalue weighted by Gasteiger charge is -2.33. The van der Waals surface area contributed by atoms with E-state index in [0.29, 0.717) is 35.3 Å². The van der Waals surface area contributed by atoms with Gasteiger partial charge in [-0.3, -0.25) is 0 Å². The summed E-state index contributed by atoms with van der Waals surface area (Å²) in [7, 11) is 0. The number of nitrogens with one attached hydrogen (secondary N) is 1. The minimum Gasteiger partial charge on any atom is -0.462 e. The van der Waals surface area contributed by atoms with E-state index in [2.05, 4.69) is 50.5 Å². The van der Waals surface area contributed by atoms with Crippen molar-refractivity contribution in [1.82, 2.24) is 9.97 Å². The van der Waals surface area contributed by atoms with E-state index in [9.17, 15) is 4.79 Å². The second-order valence-electron chi connectivity index (χ2n) is 7.97. The van der Waals surface area contributed by atoms with Crippen LogP contribution in [-0.4, -0.2) is 35.6 Å². The van der Waals surface area contributed by atoms with E-state index in [4.69, 9.17) is 10.5 Å². The van der Waals surface area contributed by atoms with Crippen LogP contribution in [0.2, 0.25) is 0 Å². The molecule has 7 heteroatoms. The molecular weight excluding hydrogens is 402 g/mol. The first kappa shape index (κ1) is 21.6. The topological polar surface area (TPSA) is 93.4 Å². The van der Waals surface area contributed by atoms with Crippen molar-refractivity contribution in [3.63, 3.8) is 0 Å². The van der Waals surface area contributed by atoms with Crippen LogP contribution < -0.4 is 16.0 Å². The highest BCUT2D eigenvalue weighted by Gasteiger charge is 2.23. The Kier molecular flexibility index (Phi) is 6.84. The Morgan fingerprint density at radius 2 is 1.81 bits per heavy atom. The summed E-state index contributed by atoms with van der Waals surface area (Å²) in [5, 5.41) is 3.20. The lowest BCUT2D eigenvalue weighted by Crippen LogP contribution is -2.35. The van der Waals surface area contributed by atoms with E-state index in [1.165, 1.54) is 11.9 Å². The number of ether oxygens (including phenoxy) is 1. The van der Waals surface area contributed by atoms with Crippen LogP contribution >= 0.6 is 0 Å². The summed E-state index contributed by atoms with van der Waals surface area (Å²) in [5.74, 6) is 1.49. The minimum atomic E-state index is -0.385. The quantitative estimate of drug-likeness (QED) is 0.534. The van der Waals surface area contributed by atoms with Crippen molar-refractivity contribution in [2.75, 3.05) is 35.6 Å². The molecule has 166 valence electrons. The molecule has 4 rings (SSSR count). The fraction of sp³-hybridized carbons (Fsp3) is 0.320. The van der Waals surface area contributed by atoms with Crippen LogP contribution in [0.1, 0.15) is 35.7 Å². The second kappa shape index (κ2) is 10.1. The monoisotopic (exact) mass is 431 g/mol. The first-order chi connectivity index (χ1) is 15.7. The molecule has 0 unspecified atom stereocenters. The number of aromatic nitrogens is 2. The summed E-state index contributed by atoms with van der Waals surface area (Å²) in [6, 6.07) is 17.8. The number of hydrogen-bond donors (Lipinski definition) is 2. The number of anilines is 4. The molecule has 0 bridgehead atoms. The second-order valence-corrected chi connectivity index (χ2v) is 7.97. The molecule has 2 aromatic carbocycles. The Bertz CT molecular complexity index is 1050. The molecular formula is C25H29N5O2. The number of hydrogen-bond acceptors (Lipinski definition) is 7. The van der Waals surface area contributed by atoms with Gasteiger partial charge in [0.2, 0.25) is 0 Å². The summed E-state index contributed by atoms with van der Waals surface area (Å²) in [4.78, 5) is 23.3. The fourth-order valence-electron chi connectivity index (χ4n) is 4.14. The van der Waals surface area contributed by atoms with Crippen molar-refractivity contribution in [3.8, 4) is 0 Å². The number of nitrogen functional groups attached to an aromatic ring is 1. The van der Waals surface area contributed by atoms with Gasteiger partial charge in [-0.2, -0.15) is 0 Å². The maximum absolute atomic E-state index is 12.3. The van der Waals surface area contributed by atoms with Crippen molar-refractivity contribution < 1.29 is 9.53 Å². The predicted octanol–water partition coefficient (Wildman–Crippen LogP) is 4.44. The molecule has 2 heterocycles. The van der Waals surface area contributed by atoms with Crippen LogP contribution in [-0.2, 0) is 11.2 Å². The molecule has 0 aliphatic carbocycles. The number of piperidine rings is 1. The molecule has 1 fully saturated rings. The zero-order valence-corrected chi connectivity index (χ0v) is 18.3. The van der Waals surface area contributed by atoms with Gasteiger partial charge in [-0.1, -0.05) is 42.5 Å². The molecule has 7 nitrogen and oxygen atoms in total. The number of carbonyl (C=O) groups excluding carboxylic acids is 1. The number of esters is 1. The lowest BCUT2D eigenvalue weighted by atomic mass is 9.90. The van der Waals surface area contributed by atoms with Crippen LogP contribution in [0.3, 0.4) is 0 Å². The van der Waals surface area contributed by atoms with Crippen molar-refractivity contribution in [2.45, 2.75) is 26.2 Å². The van der Waals surface area contributed by atoms with E-state index in [-0.39, 0.29) is 5.97 Å². The van der Waals surface area contributed by atoms with E-state index >= 15 is 0 Å². The summed E-state index contributed by atoms with van der Waals surface area (Å²) in [6.07, 6.45) is 4.79. The van der Waals surface area contributed by atoms with E-state index in [1.807, 2.05) is 12.1 Å². The molecule has 3 N–H and O–H groups in total. The molecule has 0 atom stereocenters. The first-order valence-electron chi connectivity index (χ1n) is 11.1. The van der Waals surface area contributed by atoms with E-state index in [0.717, 1.165) is 38.2 Å². The van der Waals surface area contributed by atoms with Crippen molar-refractivity contribution in [1.29, 1.82) is 0 Å². The maximum atomic E-state index is 12.3. The van der Waals surface area contributed by atoms with Crippen LogP contribution in [0.15, 0.2) is 60.9 Å². The summed E-state index contributed by atoms with van der Waals surface area (Å²) in [5.41, 5.74) is 9.37. The number of para-hydroxylation sites is 1. The first-order valence-corrected chi connectivity index (χ1v) is 11.1. The Morgan fingerprint density at radius 1 is 1.09 bits per heavy atom. The molecule has 0 spiro atoms. The zero-order valence-electron chi connectivity index (χ0n) is 18.3. The van der Waals surface area contributed by atoms with Gasteiger partial charge in [-0.15, -0.1) is 0 Å². The number of benzene rings is 2. The standard InChI is InChI=1S/C25H29N5O2/c1-2-32-25(31)20-10-6-7-11-21(20)29-23-22(26)24(28-17-27-23)30-14-12-19(13-15-30)16-18-8-4-3-5-9-18/h3-11,17,19H,2,12-16,26H2,1H3,(H,27,28,29). The van der Waals surface area contributed by atoms with E-state index in [1.54, 1.807) is 19.1 Å². The molecule has 1 aliphatic heterocycles. The molecule has 1 aromatic heterocycles. The Morgan fingerprint density at radius 3 is 2.56 bits per heavy atom. The average molecular weight is 432 g/mol. The minimum absolute atomic E-state index is 0.313. The van der Waals surface area contributed by atoms with Crippen LogP contribution in [0.5, 0.6) is 0 Å². The number of nitrogens with two attached hydrogens (primary N) is 1. The maximum Gasteiger partial charge on any atom is 0.340 e. The molecule has 0 amide bonds. The van der Waals surface area contributed by atoms with Crippen LogP contribution in [0.4, 0.5) is 23.0 Å².